The van der Waals surface area contributed by atoms with Gasteiger partial charge in [0.2, 0.25) is 0 Å². The maximum Gasteiger partial charge on any atom is 0.135 e. The molecular weight excluding hydrogens is 268 g/mol. The first-order valence-electron chi connectivity index (χ1n) is 8.80. The van der Waals surface area contributed by atoms with Gasteiger partial charge in [0.25, 0.3) is 0 Å². The summed E-state index contributed by atoms with van der Waals surface area (Å²) in [7, 11) is 0. The molecule has 22 heavy (non-hydrogen) atoms. The number of hydrogen-bond donors (Lipinski definition) is 0. The second kappa shape index (κ2) is 3.95. The van der Waals surface area contributed by atoms with Crippen molar-refractivity contribution in [3.05, 3.63) is 47.5 Å². The van der Waals surface area contributed by atoms with Gasteiger partial charge in [-0.05, 0) is 85.1 Å². The number of furan rings is 1. The number of hydrogen-bond acceptors (Lipinski definition) is 1. The van der Waals surface area contributed by atoms with Crippen molar-refractivity contribution in [3.8, 4) is 0 Å². The highest BCUT2D eigenvalue weighted by Crippen LogP contribution is 2.56. The van der Waals surface area contributed by atoms with Crippen molar-refractivity contribution in [1.82, 2.24) is 0 Å². The van der Waals surface area contributed by atoms with E-state index in [4.69, 9.17) is 4.42 Å². The summed E-state index contributed by atoms with van der Waals surface area (Å²) >= 11 is 0. The van der Waals surface area contributed by atoms with E-state index in [0.29, 0.717) is 0 Å². The monoisotopic (exact) mass is 288 g/mol. The van der Waals surface area contributed by atoms with Gasteiger partial charge in [-0.25, -0.2) is 0 Å². The van der Waals surface area contributed by atoms with E-state index in [2.05, 4.69) is 36.4 Å². The Morgan fingerprint density at radius 2 is 1.36 bits per heavy atom. The van der Waals surface area contributed by atoms with E-state index < -0.39 is 0 Å². The SMILES string of the molecule is c1ccc2c(c1)oc1cc3c(cc12)C1CC2CC(CC3C2)C1. The van der Waals surface area contributed by atoms with Gasteiger partial charge in [0.05, 0.1) is 0 Å². The second-order valence-corrected chi connectivity index (χ2v) is 7.88. The molecule has 1 nitrogen and oxygen atoms in total. The molecule has 2 aromatic carbocycles. The molecule has 2 fully saturated rings. The number of benzene rings is 2. The topological polar surface area (TPSA) is 13.1 Å². The quantitative estimate of drug-likeness (QED) is 0.496. The van der Waals surface area contributed by atoms with Crippen LogP contribution in [0.4, 0.5) is 0 Å². The lowest BCUT2D eigenvalue weighted by molar-refractivity contribution is 0.166. The highest BCUT2D eigenvalue weighted by atomic mass is 16.3. The summed E-state index contributed by atoms with van der Waals surface area (Å²) < 4.78 is 6.15. The van der Waals surface area contributed by atoms with Crippen molar-refractivity contribution in [3.63, 3.8) is 0 Å². The molecule has 2 unspecified atom stereocenters. The molecule has 2 atom stereocenters. The van der Waals surface area contributed by atoms with Gasteiger partial charge in [-0.2, -0.15) is 0 Å². The first-order chi connectivity index (χ1) is 10.8. The van der Waals surface area contributed by atoms with E-state index in [1.165, 1.54) is 42.9 Å². The molecule has 4 aliphatic carbocycles. The molecule has 0 saturated heterocycles. The largest absolute Gasteiger partial charge is 0.456 e. The van der Waals surface area contributed by atoms with Gasteiger partial charge in [0, 0.05) is 10.8 Å². The third-order valence-electron chi connectivity index (χ3n) is 6.60. The number of para-hydroxylation sites is 1. The average molecular weight is 288 g/mol. The number of fused-ring (bicyclic) bond motifs is 3. The van der Waals surface area contributed by atoms with Crippen LogP contribution in [0.15, 0.2) is 40.8 Å². The Morgan fingerprint density at radius 3 is 2.14 bits per heavy atom. The zero-order chi connectivity index (χ0) is 14.3. The van der Waals surface area contributed by atoms with Crippen LogP contribution in [0.2, 0.25) is 0 Å². The second-order valence-electron chi connectivity index (χ2n) is 7.88. The highest BCUT2D eigenvalue weighted by Gasteiger charge is 2.42. The van der Waals surface area contributed by atoms with E-state index in [1.54, 1.807) is 11.1 Å². The first-order valence-corrected chi connectivity index (χ1v) is 8.80. The van der Waals surface area contributed by atoms with Crippen molar-refractivity contribution < 1.29 is 4.42 Å². The average Bonchev–Trinajstić information content (AvgIpc) is 2.81. The van der Waals surface area contributed by atoms with Gasteiger partial charge in [-0.15, -0.1) is 0 Å². The third-order valence-corrected chi connectivity index (χ3v) is 6.60. The van der Waals surface area contributed by atoms with E-state index in [1.807, 2.05) is 0 Å². The zero-order valence-electron chi connectivity index (χ0n) is 12.7. The molecular formula is C21H20O. The van der Waals surface area contributed by atoms with Crippen molar-refractivity contribution >= 4 is 21.9 Å². The number of rotatable bonds is 0. The summed E-state index contributed by atoms with van der Waals surface area (Å²) in [6.45, 7) is 0. The predicted molar refractivity (Wildman–Crippen MR) is 89.3 cm³/mol. The first kappa shape index (κ1) is 11.8. The summed E-state index contributed by atoms with van der Waals surface area (Å²) in [5.41, 5.74) is 5.42. The van der Waals surface area contributed by atoms with Gasteiger partial charge in [-0.3, -0.25) is 0 Å². The molecule has 0 radical (unpaired) electrons. The van der Waals surface area contributed by atoms with Crippen LogP contribution in [-0.2, 0) is 0 Å². The lowest BCUT2D eigenvalue weighted by Crippen LogP contribution is -2.25. The Bertz CT molecular complexity index is 889. The molecule has 3 aromatic rings. The molecule has 110 valence electrons. The Hall–Kier alpha value is -1.76. The van der Waals surface area contributed by atoms with Crippen molar-refractivity contribution in [2.24, 2.45) is 11.8 Å². The van der Waals surface area contributed by atoms with Crippen LogP contribution in [0, 0.1) is 11.8 Å². The molecule has 1 heterocycles. The van der Waals surface area contributed by atoms with Crippen molar-refractivity contribution in [2.45, 2.75) is 43.9 Å². The Morgan fingerprint density at radius 1 is 0.682 bits per heavy atom. The third kappa shape index (κ3) is 1.45. The normalized spacial score (nSPS) is 32.5. The summed E-state index contributed by atoms with van der Waals surface area (Å²) in [6.07, 6.45) is 7.21. The van der Waals surface area contributed by atoms with Crippen LogP contribution in [0.25, 0.3) is 21.9 Å². The van der Waals surface area contributed by atoms with Crippen molar-refractivity contribution in [2.75, 3.05) is 0 Å². The lowest BCUT2D eigenvalue weighted by atomic mass is 9.67. The maximum atomic E-state index is 6.15. The molecule has 0 N–H and O–H groups in total. The molecule has 0 spiro atoms. The fourth-order valence-electron chi connectivity index (χ4n) is 5.87. The van der Waals surface area contributed by atoms with E-state index >= 15 is 0 Å². The van der Waals surface area contributed by atoms with Crippen molar-refractivity contribution in [1.29, 1.82) is 0 Å². The van der Waals surface area contributed by atoms with Crippen LogP contribution >= 0.6 is 0 Å². The van der Waals surface area contributed by atoms with E-state index in [-0.39, 0.29) is 0 Å². The van der Waals surface area contributed by atoms with Gasteiger partial charge in [0.15, 0.2) is 0 Å². The summed E-state index contributed by atoms with van der Waals surface area (Å²) in [4.78, 5) is 0. The van der Waals surface area contributed by atoms with E-state index in [9.17, 15) is 0 Å². The highest BCUT2D eigenvalue weighted by molar-refractivity contribution is 6.05. The molecule has 0 amide bonds. The molecule has 4 aliphatic rings. The standard InChI is InChI=1S/C21H20O/c1-2-4-20-16(3-1)19-10-17-14-6-12-5-13(7-14)9-15(8-12)18(17)11-21(19)22-20/h1-4,10-15H,5-9H2. The van der Waals surface area contributed by atoms with Crippen LogP contribution < -0.4 is 0 Å². The van der Waals surface area contributed by atoms with Crippen LogP contribution in [-0.4, -0.2) is 0 Å². The minimum Gasteiger partial charge on any atom is -0.456 e. The molecule has 1 aromatic heterocycles. The Balaban J connectivity index is 1.67. The zero-order valence-corrected chi connectivity index (χ0v) is 12.7. The van der Waals surface area contributed by atoms with Gasteiger partial charge >= 0.3 is 0 Å². The fourth-order valence-corrected chi connectivity index (χ4v) is 5.87. The molecule has 7 rings (SSSR count). The maximum absolute atomic E-state index is 6.15. The molecule has 2 saturated carbocycles. The summed E-state index contributed by atoms with van der Waals surface area (Å²) in [6, 6.07) is 13.4. The van der Waals surface area contributed by atoms with Gasteiger partial charge < -0.3 is 4.42 Å². The smallest absolute Gasteiger partial charge is 0.135 e. The van der Waals surface area contributed by atoms with Crippen LogP contribution in [0.3, 0.4) is 0 Å². The van der Waals surface area contributed by atoms with Crippen LogP contribution in [0.1, 0.15) is 55.1 Å². The summed E-state index contributed by atoms with van der Waals surface area (Å²) in [5, 5.41) is 2.61. The minimum absolute atomic E-state index is 0.795. The minimum atomic E-state index is 0.795. The Kier molecular flexibility index (Phi) is 2.11. The molecule has 0 aliphatic heterocycles. The van der Waals surface area contributed by atoms with Crippen LogP contribution in [0.5, 0.6) is 0 Å². The van der Waals surface area contributed by atoms with Gasteiger partial charge in [0.1, 0.15) is 11.2 Å². The summed E-state index contributed by atoms with van der Waals surface area (Å²) in [5.74, 6) is 3.57. The predicted octanol–water partition coefficient (Wildman–Crippen LogP) is 5.98. The molecule has 4 bridgehead atoms. The fraction of sp³-hybridized carbons (Fsp3) is 0.429. The Labute approximate surface area is 130 Å². The van der Waals surface area contributed by atoms with Gasteiger partial charge in [-0.1, -0.05) is 18.2 Å². The van der Waals surface area contributed by atoms with E-state index in [0.717, 1.165) is 34.8 Å². The molecule has 1 heteroatoms. The lowest BCUT2D eigenvalue weighted by Gasteiger charge is -2.38.